The molecule has 1 aromatic heterocycles. The van der Waals surface area contributed by atoms with Gasteiger partial charge in [-0.15, -0.1) is 0 Å². The van der Waals surface area contributed by atoms with Gasteiger partial charge in [0.25, 0.3) is 0 Å². The van der Waals surface area contributed by atoms with Gasteiger partial charge in [0.05, 0.1) is 10.3 Å². The zero-order chi connectivity index (χ0) is 25.5. The van der Waals surface area contributed by atoms with Crippen molar-refractivity contribution in [3.8, 4) is 0 Å². The second-order valence-electron chi connectivity index (χ2n) is 11.3. The quantitative estimate of drug-likeness (QED) is 0.158. The lowest BCUT2D eigenvalue weighted by molar-refractivity contribution is 0.0110. The van der Waals surface area contributed by atoms with Crippen LogP contribution >= 0.6 is 27.7 Å². The van der Waals surface area contributed by atoms with Crippen LogP contribution in [0.4, 0.5) is 13.6 Å². The second kappa shape index (κ2) is 9.78. The Bertz CT molecular complexity index is 972. The van der Waals surface area contributed by atoms with Gasteiger partial charge >= 0.3 is 6.09 Å². The van der Waals surface area contributed by atoms with Crippen LogP contribution in [0.15, 0.2) is 21.7 Å². The molecule has 2 aliphatic rings. The molecule has 34 heavy (non-hydrogen) atoms. The molecule has 3 atom stereocenters. The van der Waals surface area contributed by atoms with Gasteiger partial charge in [-0.25, -0.2) is 19.1 Å². The van der Waals surface area contributed by atoms with Gasteiger partial charge in [0.2, 0.25) is 5.95 Å². The highest BCUT2D eigenvalue weighted by Crippen LogP contribution is 2.66. The van der Waals surface area contributed by atoms with Crippen molar-refractivity contribution in [3.05, 3.63) is 28.2 Å². The van der Waals surface area contributed by atoms with Gasteiger partial charge < -0.3 is 9.47 Å². The maximum absolute atomic E-state index is 14.9. The van der Waals surface area contributed by atoms with E-state index in [0.29, 0.717) is 17.5 Å². The van der Waals surface area contributed by atoms with Gasteiger partial charge in [-0.1, -0.05) is 31.4 Å². The summed E-state index contributed by atoms with van der Waals surface area (Å²) in [5.74, 6) is -0.881. The number of halogens is 3. The summed E-state index contributed by atoms with van der Waals surface area (Å²) in [6.45, 7) is 13.6. The Hall–Kier alpha value is -1.04. The lowest BCUT2D eigenvalue weighted by Gasteiger charge is -2.37. The predicted octanol–water partition coefficient (Wildman–Crippen LogP) is 6.58. The van der Waals surface area contributed by atoms with Crippen molar-refractivity contribution < 1.29 is 23.0 Å². The minimum Gasteiger partial charge on any atom is -0.443 e. The third-order valence-electron chi connectivity index (χ3n) is 5.96. The number of amides is 1. The molecule has 0 aromatic carbocycles. The van der Waals surface area contributed by atoms with Crippen molar-refractivity contribution in [3.63, 3.8) is 0 Å². The first-order valence-electron chi connectivity index (χ1n) is 11.3. The third kappa shape index (κ3) is 6.20. The number of aromatic nitrogens is 1. The number of amidine groups is 1. The number of nitrogens with zero attached hydrogens (tertiary/aromatic N) is 3. The van der Waals surface area contributed by atoms with Crippen molar-refractivity contribution in [2.45, 2.75) is 75.7 Å². The Morgan fingerprint density at radius 1 is 1.38 bits per heavy atom. The van der Waals surface area contributed by atoms with Crippen LogP contribution in [0.1, 0.15) is 39.7 Å². The molecule has 3 rings (SSSR count). The fourth-order valence-electron chi connectivity index (χ4n) is 3.94. The molecule has 0 radical (unpaired) electrons. The molecule has 2 heterocycles. The minimum atomic E-state index is -1.33. The van der Waals surface area contributed by atoms with Crippen LogP contribution in [0.3, 0.4) is 0 Å². The molecule has 0 N–H and O–H groups in total. The summed E-state index contributed by atoms with van der Waals surface area (Å²) in [7, 11) is -1.33. The normalized spacial score (nSPS) is 26.5. The van der Waals surface area contributed by atoms with Gasteiger partial charge in [0.15, 0.2) is 5.17 Å². The van der Waals surface area contributed by atoms with Crippen molar-refractivity contribution in [2.24, 2.45) is 10.9 Å². The molecule has 0 unspecified atom stereocenters. The second-order valence-corrected chi connectivity index (χ2v) is 19.3. The van der Waals surface area contributed by atoms with Gasteiger partial charge in [0, 0.05) is 36.8 Å². The van der Waals surface area contributed by atoms with E-state index in [1.807, 2.05) is 0 Å². The number of thioether (sulfide) groups is 1. The summed E-state index contributed by atoms with van der Waals surface area (Å²) in [5, 5.41) is 0.274. The van der Waals surface area contributed by atoms with Crippen molar-refractivity contribution in [2.75, 3.05) is 20.0 Å². The summed E-state index contributed by atoms with van der Waals surface area (Å²) in [6.07, 6.45) is 1.26. The van der Waals surface area contributed by atoms with Crippen molar-refractivity contribution in [1.82, 2.24) is 9.88 Å². The standard InChI is InChI=1S/C23H34BrF2N3O3SSi/c1-21(2,3)32-20(30)29(14-31-8-9-34(5,6)7)19-28-22(4,17-11-23(17,13-25)33-19)16-10-15(24)12-27-18(16)26/h10,12,17H,8-9,11,13-14H2,1-7H3/t17-,22+,23+/m0/s1. The van der Waals surface area contributed by atoms with Crippen LogP contribution < -0.4 is 0 Å². The summed E-state index contributed by atoms with van der Waals surface area (Å²) < 4.78 is 40.5. The van der Waals surface area contributed by atoms with E-state index in [4.69, 9.17) is 14.5 Å². The Labute approximate surface area is 214 Å². The Kier molecular flexibility index (Phi) is 7.92. The van der Waals surface area contributed by atoms with Crippen LogP contribution in [-0.4, -0.2) is 59.6 Å². The van der Waals surface area contributed by atoms with Gasteiger partial charge in [-0.2, -0.15) is 4.39 Å². The summed E-state index contributed by atoms with van der Waals surface area (Å²) in [5.41, 5.74) is -1.56. The third-order valence-corrected chi connectivity index (χ3v) is 9.56. The monoisotopic (exact) mass is 577 g/mol. The topological polar surface area (TPSA) is 64.0 Å². The molecule has 1 aliphatic carbocycles. The first-order chi connectivity index (χ1) is 15.6. The molecule has 11 heteroatoms. The Morgan fingerprint density at radius 3 is 2.65 bits per heavy atom. The molecule has 1 saturated carbocycles. The Balaban J connectivity index is 1.98. The smallest absolute Gasteiger partial charge is 0.418 e. The number of aliphatic imine (C=N–C) groups is 1. The van der Waals surface area contributed by atoms with Crippen LogP contribution in [0.25, 0.3) is 0 Å². The molecule has 6 nitrogen and oxygen atoms in total. The van der Waals surface area contributed by atoms with E-state index in [2.05, 4.69) is 40.6 Å². The number of ether oxygens (including phenoxy) is 2. The molecule has 1 amide bonds. The summed E-state index contributed by atoms with van der Waals surface area (Å²) in [4.78, 5) is 23.2. The number of pyridine rings is 1. The fraction of sp³-hybridized carbons (Fsp3) is 0.696. The SMILES string of the molecule is CC(C)(C)OC(=O)N(COCC[Si](C)(C)C)C1=N[C@](C)(c2cc(Br)cnc2F)[C@@H]2C[C@]2(CF)S1. The first kappa shape index (κ1) is 27.5. The lowest BCUT2D eigenvalue weighted by atomic mass is 9.87. The molecule has 1 aliphatic heterocycles. The van der Waals surface area contributed by atoms with Crippen LogP contribution in [0, 0.1) is 11.9 Å². The van der Waals surface area contributed by atoms with E-state index in [0.717, 1.165) is 6.04 Å². The van der Waals surface area contributed by atoms with Crippen LogP contribution in [0.2, 0.25) is 25.7 Å². The lowest BCUT2D eigenvalue weighted by Crippen LogP contribution is -2.46. The number of alkyl halides is 1. The average Bonchev–Trinajstić information content (AvgIpc) is 3.44. The minimum absolute atomic E-state index is 0.0758. The van der Waals surface area contributed by atoms with Crippen molar-refractivity contribution >= 4 is 47.0 Å². The highest BCUT2D eigenvalue weighted by molar-refractivity contribution is 9.10. The number of fused-ring (bicyclic) bond motifs is 1. The number of rotatable bonds is 7. The molecule has 1 aromatic rings. The van der Waals surface area contributed by atoms with E-state index in [9.17, 15) is 13.6 Å². The maximum Gasteiger partial charge on any atom is 0.418 e. The molecule has 0 spiro atoms. The first-order valence-corrected chi connectivity index (χ1v) is 16.7. The summed E-state index contributed by atoms with van der Waals surface area (Å²) in [6, 6.07) is 2.56. The van der Waals surface area contributed by atoms with Gasteiger partial charge in [0.1, 0.15) is 19.0 Å². The zero-order valence-corrected chi connectivity index (χ0v) is 24.3. The largest absolute Gasteiger partial charge is 0.443 e. The Morgan fingerprint density at radius 2 is 2.06 bits per heavy atom. The van der Waals surface area contributed by atoms with E-state index in [1.54, 1.807) is 33.8 Å². The fourth-order valence-corrected chi connectivity index (χ4v) is 6.55. The number of hydrogen-bond donors (Lipinski definition) is 0. The number of carbonyl (C=O) groups excluding carboxylic acids is 1. The molecule has 190 valence electrons. The predicted molar refractivity (Wildman–Crippen MR) is 138 cm³/mol. The summed E-state index contributed by atoms with van der Waals surface area (Å²) >= 11 is 4.57. The zero-order valence-electron chi connectivity index (χ0n) is 20.9. The van der Waals surface area contributed by atoms with E-state index in [1.165, 1.54) is 22.9 Å². The molecule has 0 saturated heterocycles. The van der Waals surface area contributed by atoms with E-state index >= 15 is 0 Å². The molecular formula is C23H34BrF2N3O3SSi. The molecule has 1 fully saturated rings. The highest BCUT2D eigenvalue weighted by atomic mass is 79.9. The maximum atomic E-state index is 14.9. The highest BCUT2D eigenvalue weighted by Gasteiger charge is 2.67. The molecular weight excluding hydrogens is 544 g/mol. The van der Waals surface area contributed by atoms with E-state index in [-0.39, 0.29) is 23.4 Å². The van der Waals surface area contributed by atoms with Crippen LogP contribution in [-0.2, 0) is 15.0 Å². The van der Waals surface area contributed by atoms with Gasteiger partial charge in [-0.05, 0) is 62.2 Å². The van der Waals surface area contributed by atoms with Gasteiger partial charge in [-0.3, -0.25) is 4.99 Å². The van der Waals surface area contributed by atoms with Crippen LogP contribution in [0.5, 0.6) is 0 Å². The molecule has 0 bridgehead atoms. The van der Waals surface area contributed by atoms with E-state index < -0.39 is 42.7 Å². The van der Waals surface area contributed by atoms with Crippen molar-refractivity contribution in [1.29, 1.82) is 0 Å². The number of carbonyl (C=O) groups is 1. The number of hydrogen-bond acceptors (Lipinski definition) is 6. The average molecular weight is 579 g/mol.